The van der Waals surface area contributed by atoms with Crippen molar-refractivity contribution in [2.24, 2.45) is 0 Å². The molecule has 0 aliphatic carbocycles. The van der Waals surface area contributed by atoms with Gasteiger partial charge < -0.3 is 10.1 Å². The first-order valence-corrected chi connectivity index (χ1v) is 6.86. The second-order valence-corrected chi connectivity index (χ2v) is 4.99. The Bertz CT molecular complexity index is 638. The maximum atomic E-state index is 11.9. The third-order valence-electron chi connectivity index (χ3n) is 2.64. The van der Waals surface area contributed by atoms with Crippen molar-refractivity contribution in [3.63, 3.8) is 0 Å². The molecule has 20 heavy (non-hydrogen) atoms. The fraction of sp³-hybridized carbons (Fsp3) is 0.0625. The van der Waals surface area contributed by atoms with Crippen LogP contribution in [0.3, 0.4) is 0 Å². The molecule has 2 aromatic rings. The molecule has 102 valence electrons. The third-order valence-corrected chi connectivity index (χ3v) is 3.13. The van der Waals surface area contributed by atoms with Gasteiger partial charge in [-0.2, -0.15) is 0 Å². The van der Waals surface area contributed by atoms with Crippen molar-refractivity contribution in [3.05, 3.63) is 64.6 Å². The molecule has 3 nitrogen and oxygen atoms in total. The predicted molar refractivity (Wildman–Crippen MR) is 84.8 cm³/mol. The summed E-state index contributed by atoms with van der Waals surface area (Å²) in [4.78, 5) is 11.9. The van der Waals surface area contributed by atoms with Gasteiger partial charge in [-0.25, -0.2) is 0 Å². The summed E-state index contributed by atoms with van der Waals surface area (Å²) in [7, 11) is 1.57. The van der Waals surface area contributed by atoms with Gasteiger partial charge in [-0.1, -0.05) is 40.2 Å². The van der Waals surface area contributed by atoms with E-state index in [1.165, 1.54) is 6.08 Å². The molecule has 0 saturated heterocycles. The molecule has 1 amide bonds. The largest absolute Gasteiger partial charge is 0.495 e. The lowest BCUT2D eigenvalue weighted by atomic mass is 10.2. The standard InChI is InChI=1S/C16H14BrNO2/c1-20-15-8-3-2-7-14(15)18-16(19)10-9-12-5-4-6-13(17)11-12/h2-11H,1H3,(H,18,19)/b10-9+. The van der Waals surface area contributed by atoms with Crippen LogP contribution in [0.2, 0.25) is 0 Å². The fourth-order valence-electron chi connectivity index (χ4n) is 1.70. The van der Waals surface area contributed by atoms with Gasteiger partial charge in [0.2, 0.25) is 5.91 Å². The molecule has 0 aliphatic heterocycles. The number of benzene rings is 2. The second-order valence-electron chi connectivity index (χ2n) is 4.08. The molecule has 0 heterocycles. The Morgan fingerprint density at radius 1 is 1.20 bits per heavy atom. The summed E-state index contributed by atoms with van der Waals surface area (Å²) in [5, 5.41) is 2.78. The van der Waals surface area contributed by atoms with Crippen LogP contribution in [0.5, 0.6) is 5.75 Å². The van der Waals surface area contributed by atoms with E-state index in [1.807, 2.05) is 36.4 Å². The lowest BCUT2D eigenvalue weighted by molar-refractivity contribution is -0.111. The number of carbonyl (C=O) groups excluding carboxylic acids is 1. The highest BCUT2D eigenvalue weighted by Crippen LogP contribution is 2.23. The van der Waals surface area contributed by atoms with Crippen molar-refractivity contribution in [2.45, 2.75) is 0 Å². The molecular formula is C16H14BrNO2. The average molecular weight is 332 g/mol. The van der Waals surface area contributed by atoms with Crippen LogP contribution in [0.15, 0.2) is 59.1 Å². The Balaban J connectivity index is 2.06. The second kappa shape index (κ2) is 6.91. The van der Waals surface area contributed by atoms with E-state index in [2.05, 4.69) is 21.2 Å². The number of rotatable bonds is 4. The number of methoxy groups -OCH3 is 1. The molecule has 0 radical (unpaired) electrons. The molecule has 0 aromatic heterocycles. The highest BCUT2D eigenvalue weighted by atomic mass is 79.9. The van der Waals surface area contributed by atoms with E-state index < -0.39 is 0 Å². The zero-order valence-electron chi connectivity index (χ0n) is 11.0. The number of hydrogen-bond acceptors (Lipinski definition) is 2. The van der Waals surface area contributed by atoms with Gasteiger partial charge in [-0.05, 0) is 35.9 Å². The number of carbonyl (C=O) groups is 1. The maximum absolute atomic E-state index is 11.9. The molecule has 0 unspecified atom stereocenters. The highest BCUT2D eigenvalue weighted by Gasteiger charge is 2.03. The van der Waals surface area contributed by atoms with Gasteiger partial charge in [-0.15, -0.1) is 0 Å². The van der Waals surface area contributed by atoms with E-state index in [9.17, 15) is 4.79 Å². The number of nitrogens with one attached hydrogen (secondary N) is 1. The van der Waals surface area contributed by atoms with E-state index in [1.54, 1.807) is 25.3 Å². The van der Waals surface area contributed by atoms with Gasteiger partial charge in [-0.3, -0.25) is 4.79 Å². The molecule has 2 rings (SSSR count). The van der Waals surface area contributed by atoms with Crippen molar-refractivity contribution < 1.29 is 9.53 Å². The molecule has 0 bridgehead atoms. The quantitative estimate of drug-likeness (QED) is 0.856. The van der Waals surface area contributed by atoms with E-state index in [4.69, 9.17) is 4.74 Å². The van der Waals surface area contributed by atoms with Gasteiger partial charge in [0.1, 0.15) is 5.75 Å². The Morgan fingerprint density at radius 2 is 2.00 bits per heavy atom. The van der Waals surface area contributed by atoms with E-state index in [-0.39, 0.29) is 5.91 Å². The average Bonchev–Trinajstić information content (AvgIpc) is 2.46. The number of amides is 1. The summed E-state index contributed by atoms with van der Waals surface area (Å²) in [6.07, 6.45) is 3.25. The first kappa shape index (κ1) is 14.3. The lowest BCUT2D eigenvalue weighted by Gasteiger charge is -2.07. The molecule has 4 heteroatoms. The van der Waals surface area contributed by atoms with Gasteiger partial charge in [0.25, 0.3) is 0 Å². The summed E-state index contributed by atoms with van der Waals surface area (Å²) >= 11 is 3.39. The first-order chi connectivity index (χ1) is 9.69. The van der Waals surface area contributed by atoms with Crippen LogP contribution in [0.25, 0.3) is 6.08 Å². The molecular weight excluding hydrogens is 318 g/mol. The minimum Gasteiger partial charge on any atom is -0.495 e. The van der Waals surface area contributed by atoms with Crippen LogP contribution in [-0.2, 0) is 4.79 Å². The number of para-hydroxylation sites is 2. The molecule has 1 N–H and O–H groups in total. The first-order valence-electron chi connectivity index (χ1n) is 6.06. The molecule has 0 saturated carbocycles. The Kier molecular flexibility index (Phi) is 4.96. The normalized spacial score (nSPS) is 10.5. The zero-order valence-corrected chi connectivity index (χ0v) is 12.6. The molecule has 0 atom stereocenters. The summed E-state index contributed by atoms with van der Waals surface area (Å²) in [5.74, 6) is 0.436. The minimum atomic E-state index is -0.200. The van der Waals surface area contributed by atoms with Crippen molar-refractivity contribution >= 4 is 33.6 Å². The SMILES string of the molecule is COc1ccccc1NC(=O)/C=C/c1cccc(Br)c1. The summed E-state index contributed by atoms with van der Waals surface area (Å²) in [6.45, 7) is 0. The van der Waals surface area contributed by atoms with Gasteiger partial charge >= 0.3 is 0 Å². The Hall–Kier alpha value is -2.07. The van der Waals surface area contributed by atoms with Crippen LogP contribution in [0, 0.1) is 0 Å². The van der Waals surface area contributed by atoms with Crippen LogP contribution < -0.4 is 10.1 Å². The summed E-state index contributed by atoms with van der Waals surface area (Å²) in [5.41, 5.74) is 1.61. The molecule has 0 fully saturated rings. The van der Waals surface area contributed by atoms with E-state index in [0.717, 1.165) is 10.0 Å². The fourth-order valence-corrected chi connectivity index (χ4v) is 2.12. The number of hydrogen-bond donors (Lipinski definition) is 1. The number of ether oxygens (including phenoxy) is 1. The van der Waals surface area contributed by atoms with Crippen LogP contribution >= 0.6 is 15.9 Å². The lowest BCUT2D eigenvalue weighted by Crippen LogP contribution is -2.08. The topological polar surface area (TPSA) is 38.3 Å². The minimum absolute atomic E-state index is 0.200. The van der Waals surface area contributed by atoms with Crippen LogP contribution in [0.4, 0.5) is 5.69 Å². The summed E-state index contributed by atoms with van der Waals surface area (Å²) in [6, 6.07) is 15.0. The number of halogens is 1. The van der Waals surface area contributed by atoms with Gasteiger partial charge in [0, 0.05) is 10.5 Å². The van der Waals surface area contributed by atoms with Gasteiger partial charge in [0.05, 0.1) is 12.8 Å². The van der Waals surface area contributed by atoms with Crippen LogP contribution in [-0.4, -0.2) is 13.0 Å². The zero-order chi connectivity index (χ0) is 14.4. The molecule has 2 aromatic carbocycles. The number of anilines is 1. The third kappa shape index (κ3) is 3.96. The molecule has 0 spiro atoms. The molecule has 0 aliphatic rings. The van der Waals surface area contributed by atoms with Crippen molar-refractivity contribution in [1.82, 2.24) is 0 Å². The Labute approximate surface area is 126 Å². The highest BCUT2D eigenvalue weighted by molar-refractivity contribution is 9.10. The van der Waals surface area contributed by atoms with Crippen molar-refractivity contribution in [1.29, 1.82) is 0 Å². The van der Waals surface area contributed by atoms with E-state index >= 15 is 0 Å². The van der Waals surface area contributed by atoms with Crippen molar-refractivity contribution in [3.8, 4) is 5.75 Å². The van der Waals surface area contributed by atoms with Crippen molar-refractivity contribution in [2.75, 3.05) is 12.4 Å². The van der Waals surface area contributed by atoms with Gasteiger partial charge in [0.15, 0.2) is 0 Å². The smallest absolute Gasteiger partial charge is 0.248 e. The Morgan fingerprint density at radius 3 is 2.75 bits per heavy atom. The maximum Gasteiger partial charge on any atom is 0.248 e. The predicted octanol–water partition coefficient (Wildman–Crippen LogP) is 4.11. The van der Waals surface area contributed by atoms with Crippen LogP contribution in [0.1, 0.15) is 5.56 Å². The summed E-state index contributed by atoms with van der Waals surface area (Å²) < 4.78 is 6.16. The van der Waals surface area contributed by atoms with E-state index in [0.29, 0.717) is 11.4 Å². The monoisotopic (exact) mass is 331 g/mol.